The molecule has 0 aliphatic carbocycles. The topological polar surface area (TPSA) is 83.0 Å². The molecule has 0 aliphatic heterocycles. The molecular weight excluding hydrogens is 366 g/mol. The van der Waals surface area contributed by atoms with Gasteiger partial charge in [0, 0.05) is 16.6 Å². The highest BCUT2D eigenvalue weighted by molar-refractivity contribution is 6.32. The Morgan fingerprint density at radius 2 is 2.04 bits per heavy atom. The van der Waals surface area contributed by atoms with Crippen LogP contribution in [0.5, 0.6) is 5.75 Å². The maximum absolute atomic E-state index is 6.31. The second kappa shape index (κ2) is 6.81. The molecule has 0 unspecified atom stereocenters. The Morgan fingerprint density at radius 3 is 2.78 bits per heavy atom. The zero-order valence-electron chi connectivity index (χ0n) is 15.0. The molecule has 0 saturated carbocycles. The van der Waals surface area contributed by atoms with E-state index in [2.05, 4.69) is 25.4 Å². The predicted octanol–water partition coefficient (Wildman–Crippen LogP) is 3.17. The molecule has 0 amide bonds. The molecule has 0 N–H and O–H groups in total. The van der Waals surface area contributed by atoms with Crippen LogP contribution in [-0.4, -0.2) is 43.0 Å². The lowest BCUT2D eigenvalue weighted by Gasteiger charge is -2.05. The molecule has 27 heavy (non-hydrogen) atoms. The van der Waals surface area contributed by atoms with Crippen molar-refractivity contribution in [3.63, 3.8) is 0 Å². The molecule has 0 fully saturated rings. The van der Waals surface area contributed by atoms with Crippen LogP contribution in [0.3, 0.4) is 0 Å². The summed E-state index contributed by atoms with van der Waals surface area (Å²) in [4.78, 5) is 4.41. The molecule has 0 saturated heterocycles. The van der Waals surface area contributed by atoms with Crippen molar-refractivity contribution in [2.24, 2.45) is 5.10 Å². The van der Waals surface area contributed by atoms with Crippen molar-refractivity contribution in [1.29, 1.82) is 0 Å². The summed E-state index contributed by atoms with van der Waals surface area (Å²) < 4.78 is 8.48. The fourth-order valence-electron chi connectivity index (χ4n) is 2.77. The zero-order valence-corrected chi connectivity index (χ0v) is 15.7. The Morgan fingerprint density at radius 1 is 1.19 bits per heavy atom. The molecule has 4 rings (SSSR count). The number of nitrogens with zero attached hydrogens (tertiary/aromatic N) is 7. The van der Waals surface area contributed by atoms with Crippen molar-refractivity contribution in [1.82, 2.24) is 29.6 Å². The van der Waals surface area contributed by atoms with Gasteiger partial charge in [0.2, 0.25) is 0 Å². The molecule has 3 heterocycles. The predicted molar refractivity (Wildman–Crippen MR) is 103 cm³/mol. The molecule has 136 valence electrons. The van der Waals surface area contributed by atoms with E-state index < -0.39 is 0 Å². The summed E-state index contributed by atoms with van der Waals surface area (Å²) in [7, 11) is 1.62. The fourth-order valence-corrected chi connectivity index (χ4v) is 2.96. The number of rotatable bonds is 4. The van der Waals surface area contributed by atoms with Crippen molar-refractivity contribution < 1.29 is 4.74 Å². The molecule has 0 aliphatic rings. The molecule has 1 aromatic carbocycles. The molecule has 0 spiro atoms. The van der Waals surface area contributed by atoms with Crippen LogP contribution >= 0.6 is 11.6 Å². The minimum absolute atomic E-state index is 0.358. The third-order valence-corrected chi connectivity index (χ3v) is 4.34. The van der Waals surface area contributed by atoms with E-state index >= 15 is 0 Å². The first kappa shape index (κ1) is 17.2. The molecule has 8 nitrogen and oxygen atoms in total. The van der Waals surface area contributed by atoms with Crippen LogP contribution in [0.1, 0.15) is 17.0 Å². The third kappa shape index (κ3) is 3.26. The van der Waals surface area contributed by atoms with Gasteiger partial charge in [-0.2, -0.15) is 14.9 Å². The third-order valence-electron chi connectivity index (χ3n) is 4.04. The van der Waals surface area contributed by atoms with Gasteiger partial charge in [0.1, 0.15) is 17.2 Å². The highest BCUT2D eigenvalue weighted by atomic mass is 35.5. The van der Waals surface area contributed by atoms with E-state index in [-0.39, 0.29) is 0 Å². The van der Waals surface area contributed by atoms with Gasteiger partial charge in [-0.1, -0.05) is 11.6 Å². The van der Waals surface area contributed by atoms with E-state index in [9.17, 15) is 0 Å². The van der Waals surface area contributed by atoms with Crippen LogP contribution in [-0.2, 0) is 0 Å². The van der Waals surface area contributed by atoms with Crippen LogP contribution in [0.15, 0.2) is 41.8 Å². The van der Waals surface area contributed by atoms with E-state index in [4.69, 9.17) is 16.3 Å². The first-order valence-corrected chi connectivity index (χ1v) is 8.55. The molecular formula is C18H16ClN7O. The minimum Gasteiger partial charge on any atom is -0.497 e. The molecule has 0 radical (unpaired) electrons. The summed E-state index contributed by atoms with van der Waals surface area (Å²) >= 11 is 6.31. The van der Waals surface area contributed by atoms with E-state index in [1.807, 2.05) is 44.2 Å². The number of benzene rings is 1. The summed E-state index contributed by atoms with van der Waals surface area (Å²) in [5, 5.41) is 18.1. The smallest absolute Gasteiger partial charge is 0.273 e. The summed E-state index contributed by atoms with van der Waals surface area (Å²) in [6.45, 7) is 3.86. The van der Waals surface area contributed by atoms with Gasteiger partial charge in [0.15, 0.2) is 0 Å². The lowest BCUT2D eigenvalue weighted by molar-refractivity contribution is 0.415. The maximum Gasteiger partial charge on any atom is 0.273 e. The number of fused-ring (bicyclic) bond motifs is 1. The molecule has 4 aromatic rings. The second-order valence-electron chi connectivity index (χ2n) is 5.99. The minimum atomic E-state index is 0.358. The number of pyridine rings is 1. The normalized spacial score (nSPS) is 11.6. The van der Waals surface area contributed by atoms with Crippen molar-refractivity contribution in [3.8, 4) is 11.7 Å². The quantitative estimate of drug-likeness (QED) is 0.400. The molecule has 0 atom stereocenters. The number of methoxy groups -OCH3 is 1. The number of halogens is 1. The molecule has 0 bridgehead atoms. The van der Waals surface area contributed by atoms with Gasteiger partial charge in [0.05, 0.1) is 24.5 Å². The van der Waals surface area contributed by atoms with Gasteiger partial charge in [-0.25, -0.2) is 9.67 Å². The van der Waals surface area contributed by atoms with E-state index in [1.165, 1.54) is 11.0 Å². The van der Waals surface area contributed by atoms with Gasteiger partial charge in [0.25, 0.3) is 5.95 Å². The fraction of sp³-hybridized carbons (Fsp3) is 0.167. The van der Waals surface area contributed by atoms with Crippen molar-refractivity contribution in [3.05, 3.63) is 58.8 Å². The van der Waals surface area contributed by atoms with E-state index in [0.717, 1.165) is 28.0 Å². The van der Waals surface area contributed by atoms with Gasteiger partial charge in [-0.05, 0) is 44.2 Å². The van der Waals surface area contributed by atoms with E-state index in [1.54, 1.807) is 18.0 Å². The van der Waals surface area contributed by atoms with Crippen LogP contribution in [0.4, 0.5) is 0 Å². The summed E-state index contributed by atoms with van der Waals surface area (Å²) in [5.74, 6) is 1.24. The average molecular weight is 382 g/mol. The van der Waals surface area contributed by atoms with E-state index in [0.29, 0.717) is 16.7 Å². The summed E-state index contributed by atoms with van der Waals surface area (Å²) in [5.41, 5.74) is 3.28. The summed E-state index contributed by atoms with van der Waals surface area (Å²) in [6, 6.07) is 9.47. The Balaban J connectivity index is 1.72. The highest BCUT2D eigenvalue weighted by Gasteiger charge is 2.11. The largest absolute Gasteiger partial charge is 0.497 e. The van der Waals surface area contributed by atoms with Crippen molar-refractivity contribution in [2.45, 2.75) is 13.8 Å². The monoisotopic (exact) mass is 381 g/mol. The average Bonchev–Trinajstić information content (AvgIpc) is 3.24. The Labute approximate surface area is 160 Å². The van der Waals surface area contributed by atoms with Gasteiger partial charge >= 0.3 is 0 Å². The van der Waals surface area contributed by atoms with Crippen LogP contribution in [0.2, 0.25) is 5.15 Å². The first-order valence-electron chi connectivity index (χ1n) is 8.17. The standard InChI is InChI=1S/C18H16ClN7O/c1-11-6-12(2)26(24-11)18-23-20-10-25(18)21-9-14-7-13-8-15(27-3)4-5-16(13)22-17(14)19/h4-10H,1-3H3/b21-9-. The van der Waals surface area contributed by atoms with Crippen molar-refractivity contribution >= 4 is 28.7 Å². The Kier molecular flexibility index (Phi) is 4.33. The van der Waals surface area contributed by atoms with Crippen LogP contribution in [0.25, 0.3) is 16.9 Å². The summed E-state index contributed by atoms with van der Waals surface area (Å²) in [6.07, 6.45) is 3.13. The lowest BCUT2D eigenvalue weighted by Crippen LogP contribution is -2.06. The van der Waals surface area contributed by atoms with Gasteiger partial charge < -0.3 is 4.74 Å². The first-order chi connectivity index (χ1) is 13.0. The Bertz CT molecular complexity index is 1160. The number of aryl methyl sites for hydroxylation is 2. The maximum atomic E-state index is 6.31. The van der Waals surface area contributed by atoms with Crippen LogP contribution in [0, 0.1) is 13.8 Å². The van der Waals surface area contributed by atoms with Crippen LogP contribution < -0.4 is 4.74 Å². The number of hydrogen-bond acceptors (Lipinski definition) is 6. The lowest BCUT2D eigenvalue weighted by atomic mass is 10.1. The number of ether oxygens (including phenoxy) is 1. The second-order valence-corrected chi connectivity index (χ2v) is 6.34. The highest BCUT2D eigenvalue weighted by Crippen LogP contribution is 2.23. The van der Waals surface area contributed by atoms with Gasteiger partial charge in [-0.15, -0.1) is 10.2 Å². The Hall–Kier alpha value is -3.26. The molecule has 9 heteroatoms. The zero-order chi connectivity index (χ0) is 19.0. The van der Waals surface area contributed by atoms with Crippen molar-refractivity contribution in [2.75, 3.05) is 7.11 Å². The van der Waals surface area contributed by atoms with Gasteiger partial charge in [-0.3, -0.25) is 0 Å². The number of aromatic nitrogens is 6. The number of hydrogen-bond donors (Lipinski definition) is 0. The SMILES string of the molecule is COc1ccc2nc(Cl)c(/C=N\n3cnnc3-n3nc(C)cc3C)cc2c1. The molecule has 3 aromatic heterocycles.